The van der Waals surface area contributed by atoms with E-state index in [4.69, 9.17) is 5.73 Å². The Morgan fingerprint density at radius 2 is 2.38 bits per heavy atom. The fourth-order valence-electron chi connectivity index (χ4n) is 1.01. The number of hydrogen-bond donors (Lipinski definition) is 1. The molecule has 13 heavy (non-hydrogen) atoms. The molecular formula is C10H15N3. The third-order valence-corrected chi connectivity index (χ3v) is 1.71. The first kappa shape index (κ1) is 9.71. The molecule has 0 saturated heterocycles. The Kier molecular flexibility index (Phi) is 3.96. The molecule has 0 radical (unpaired) electrons. The molecule has 70 valence electrons. The lowest BCUT2D eigenvalue weighted by molar-refractivity contribution is 0.816. The molecule has 0 unspecified atom stereocenters. The molecule has 0 amide bonds. The molecule has 0 bridgehead atoms. The fraction of sp³-hybridized carbons (Fsp3) is 0.400. The first-order chi connectivity index (χ1) is 6.33. The van der Waals surface area contributed by atoms with E-state index in [1.165, 1.54) is 12.8 Å². The lowest BCUT2D eigenvalue weighted by Crippen LogP contribution is -1.94. The molecule has 2 N–H and O–H groups in total. The highest BCUT2D eigenvalue weighted by molar-refractivity contribution is 5.45. The first-order valence-corrected chi connectivity index (χ1v) is 4.58. The minimum Gasteiger partial charge on any atom is -0.368 e. The maximum Gasteiger partial charge on any atom is 0.220 e. The van der Waals surface area contributed by atoms with Crippen LogP contribution in [-0.4, -0.2) is 9.97 Å². The summed E-state index contributed by atoms with van der Waals surface area (Å²) < 4.78 is 0. The van der Waals surface area contributed by atoms with Crippen LogP contribution in [0.2, 0.25) is 0 Å². The van der Waals surface area contributed by atoms with Gasteiger partial charge in [-0.2, -0.15) is 0 Å². The van der Waals surface area contributed by atoms with E-state index in [0.29, 0.717) is 5.95 Å². The number of rotatable bonds is 4. The monoisotopic (exact) mass is 177 g/mol. The Hall–Kier alpha value is -1.38. The quantitative estimate of drug-likeness (QED) is 0.718. The van der Waals surface area contributed by atoms with Gasteiger partial charge in [0.05, 0.1) is 5.69 Å². The van der Waals surface area contributed by atoms with Crippen molar-refractivity contribution in [2.45, 2.75) is 26.2 Å². The van der Waals surface area contributed by atoms with Crippen molar-refractivity contribution < 1.29 is 0 Å². The van der Waals surface area contributed by atoms with Crippen molar-refractivity contribution in [2.75, 3.05) is 5.73 Å². The molecule has 0 aliphatic carbocycles. The zero-order valence-electron chi connectivity index (χ0n) is 7.90. The maximum atomic E-state index is 5.43. The Labute approximate surface area is 78.7 Å². The van der Waals surface area contributed by atoms with Gasteiger partial charge < -0.3 is 5.73 Å². The maximum absolute atomic E-state index is 5.43. The minimum absolute atomic E-state index is 0.331. The average Bonchev–Trinajstić information content (AvgIpc) is 2.13. The lowest BCUT2D eigenvalue weighted by Gasteiger charge is -1.93. The summed E-state index contributed by atoms with van der Waals surface area (Å²) in [5, 5.41) is 0. The van der Waals surface area contributed by atoms with Crippen LogP contribution in [0.15, 0.2) is 18.3 Å². The van der Waals surface area contributed by atoms with E-state index in [2.05, 4.69) is 23.0 Å². The van der Waals surface area contributed by atoms with Crippen LogP contribution in [0.1, 0.15) is 31.9 Å². The summed E-state index contributed by atoms with van der Waals surface area (Å²) in [7, 11) is 0. The van der Waals surface area contributed by atoms with Crippen molar-refractivity contribution in [3.63, 3.8) is 0 Å². The Bertz CT molecular complexity index is 281. The molecule has 0 aliphatic rings. The van der Waals surface area contributed by atoms with E-state index >= 15 is 0 Å². The number of nitrogens with two attached hydrogens (primary N) is 1. The number of unbranched alkanes of at least 4 members (excludes halogenated alkanes) is 2. The van der Waals surface area contributed by atoms with Gasteiger partial charge in [-0.3, -0.25) is 0 Å². The summed E-state index contributed by atoms with van der Waals surface area (Å²) in [6.07, 6.45) is 9.30. The molecule has 0 atom stereocenters. The third kappa shape index (κ3) is 3.69. The Morgan fingerprint density at radius 3 is 3.08 bits per heavy atom. The summed E-state index contributed by atoms with van der Waals surface area (Å²) in [4.78, 5) is 7.87. The number of nitrogen functional groups attached to an aromatic ring is 1. The van der Waals surface area contributed by atoms with Crippen molar-refractivity contribution >= 4 is 12.0 Å². The van der Waals surface area contributed by atoms with Gasteiger partial charge in [0.1, 0.15) is 0 Å². The summed E-state index contributed by atoms with van der Waals surface area (Å²) in [6.45, 7) is 2.18. The number of aromatic nitrogens is 2. The van der Waals surface area contributed by atoms with Crippen LogP contribution >= 0.6 is 0 Å². The van der Waals surface area contributed by atoms with Crippen molar-refractivity contribution in [3.8, 4) is 0 Å². The molecule has 1 rings (SSSR count). The highest BCUT2D eigenvalue weighted by atomic mass is 15.0. The normalized spacial score (nSPS) is 10.8. The van der Waals surface area contributed by atoms with Crippen LogP contribution in [0.4, 0.5) is 5.95 Å². The first-order valence-electron chi connectivity index (χ1n) is 4.58. The van der Waals surface area contributed by atoms with Gasteiger partial charge in [-0.15, -0.1) is 0 Å². The van der Waals surface area contributed by atoms with Gasteiger partial charge in [0.2, 0.25) is 5.95 Å². The Balaban J connectivity index is 2.48. The van der Waals surface area contributed by atoms with Crippen molar-refractivity contribution in [1.29, 1.82) is 0 Å². The molecule has 3 nitrogen and oxygen atoms in total. The molecule has 1 aromatic heterocycles. The number of hydrogen-bond acceptors (Lipinski definition) is 3. The molecule has 1 aromatic rings. The molecule has 0 spiro atoms. The van der Waals surface area contributed by atoms with Gasteiger partial charge in [-0.05, 0) is 18.6 Å². The third-order valence-electron chi connectivity index (χ3n) is 1.71. The van der Waals surface area contributed by atoms with Crippen LogP contribution in [-0.2, 0) is 0 Å². The zero-order valence-corrected chi connectivity index (χ0v) is 7.90. The van der Waals surface area contributed by atoms with E-state index in [1.807, 2.05) is 12.1 Å². The minimum atomic E-state index is 0.331. The van der Waals surface area contributed by atoms with Crippen LogP contribution in [0.5, 0.6) is 0 Å². The number of allylic oxidation sites excluding steroid dienone is 1. The van der Waals surface area contributed by atoms with Gasteiger partial charge in [-0.25, -0.2) is 9.97 Å². The predicted molar refractivity (Wildman–Crippen MR) is 55.0 cm³/mol. The van der Waals surface area contributed by atoms with Crippen molar-refractivity contribution in [2.24, 2.45) is 0 Å². The Morgan fingerprint density at radius 1 is 1.54 bits per heavy atom. The van der Waals surface area contributed by atoms with Crippen LogP contribution < -0.4 is 5.73 Å². The zero-order chi connectivity index (χ0) is 9.52. The van der Waals surface area contributed by atoms with E-state index in [1.54, 1.807) is 6.20 Å². The largest absolute Gasteiger partial charge is 0.368 e. The SMILES string of the molecule is CCCCC=Cc1ccnc(N)n1. The van der Waals surface area contributed by atoms with E-state index < -0.39 is 0 Å². The van der Waals surface area contributed by atoms with E-state index in [-0.39, 0.29) is 0 Å². The van der Waals surface area contributed by atoms with Gasteiger partial charge in [0.25, 0.3) is 0 Å². The molecule has 0 fully saturated rings. The molecule has 1 heterocycles. The van der Waals surface area contributed by atoms with Crippen molar-refractivity contribution in [3.05, 3.63) is 24.0 Å². The lowest BCUT2D eigenvalue weighted by atomic mass is 10.2. The van der Waals surface area contributed by atoms with E-state index in [0.717, 1.165) is 12.1 Å². The second kappa shape index (κ2) is 5.30. The van der Waals surface area contributed by atoms with Gasteiger partial charge in [-0.1, -0.05) is 25.8 Å². The number of anilines is 1. The molecular weight excluding hydrogens is 162 g/mol. The van der Waals surface area contributed by atoms with E-state index in [9.17, 15) is 0 Å². The smallest absolute Gasteiger partial charge is 0.220 e. The topological polar surface area (TPSA) is 51.8 Å². The average molecular weight is 177 g/mol. The second-order valence-electron chi connectivity index (χ2n) is 2.88. The van der Waals surface area contributed by atoms with Crippen molar-refractivity contribution in [1.82, 2.24) is 9.97 Å². The molecule has 3 heteroatoms. The second-order valence-corrected chi connectivity index (χ2v) is 2.88. The van der Waals surface area contributed by atoms with Crippen LogP contribution in [0.3, 0.4) is 0 Å². The molecule has 0 aromatic carbocycles. The summed E-state index contributed by atoms with van der Waals surface area (Å²) in [5.41, 5.74) is 6.31. The highest BCUT2D eigenvalue weighted by Gasteiger charge is 1.89. The molecule has 0 aliphatic heterocycles. The van der Waals surface area contributed by atoms with Crippen LogP contribution in [0, 0.1) is 0 Å². The van der Waals surface area contributed by atoms with Gasteiger partial charge in [0.15, 0.2) is 0 Å². The van der Waals surface area contributed by atoms with Gasteiger partial charge >= 0.3 is 0 Å². The standard InChI is InChI=1S/C10H15N3/c1-2-3-4-5-6-9-7-8-12-10(11)13-9/h5-8H,2-4H2,1H3,(H2,11,12,13). The highest BCUT2D eigenvalue weighted by Crippen LogP contribution is 2.02. The van der Waals surface area contributed by atoms with Crippen LogP contribution in [0.25, 0.3) is 6.08 Å². The number of nitrogens with zero attached hydrogens (tertiary/aromatic N) is 2. The predicted octanol–water partition coefficient (Wildman–Crippen LogP) is 2.26. The van der Waals surface area contributed by atoms with Gasteiger partial charge in [0, 0.05) is 6.20 Å². The molecule has 0 saturated carbocycles. The summed E-state index contributed by atoms with van der Waals surface area (Å²) in [6, 6.07) is 1.85. The summed E-state index contributed by atoms with van der Waals surface area (Å²) in [5.74, 6) is 0.331. The fourth-order valence-corrected chi connectivity index (χ4v) is 1.01. The summed E-state index contributed by atoms with van der Waals surface area (Å²) >= 11 is 0.